The van der Waals surface area contributed by atoms with Gasteiger partial charge in [-0.25, -0.2) is 0 Å². The number of anilines is 1. The number of aldehydes is 1. The molecule has 34 heavy (non-hydrogen) atoms. The molecule has 2 saturated heterocycles. The number of hydrogen-bond acceptors (Lipinski definition) is 9. The van der Waals surface area contributed by atoms with Gasteiger partial charge < -0.3 is 29.1 Å². The molecule has 3 rings (SSSR count). The summed E-state index contributed by atoms with van der Waals surface area (Å²) < 4.78 is 16.2. The van der Waals surface area contributed by atoms with E-state index in [0.717, 1.165) is 5.69 Å². The highest BCUT2D eigenvalue weighted by molar-refractivity contribution is 6.06. The Morgan fingerprint density at radius 1 is 1.18 bits per heavy atom. The van der Waals surface area contributed by atoms with Crippen molar-refractivity contribution in [1.82, 2.24) is 10.2 Å². The zero-order chi connectivity index (χ0) is 24.5. The predicted molar refractivity (Wildman–Crippen MR) is 121 cm³/mol. The van der Waals surface area contributed by atoms with E-state index in [1.54, 1.807) is 18.2 Å². The van der Waals surface area contributed by atoms with Gasteiger partial charge in [-0.1, -0.05) is 0 Å². The fraction of sp³-hybridized carbons (Fsp3) is 0.565. The molecule has 1 aromatic rings. The second-order valence-corrected chi connectivity index (χ2v) is 8.12. The van der Waals surface area contributed by atoms with Crippen LogP contribution in [0.15, 0.2) is 18.2 Å². The number of carbonyl (C=O) groups is 4. The molecule has 11 heteroatoms. The minimum Gasteiger partial charge on any atom is -0.394 e. The fourth-order valence-corrected chi connectivity index (χ4v) is 3.84. The lowest BCUT2D eigenvalue weighted by Crippen LogP contribution is -2.53. The van der Waals surface area contributed by atoms with Gasteiger partial charge in [-0.3, -0.25) is 24.5 Å². The summed E-state index contributed by atoms with van der Waals surface area (Å²) in [5, 5.41) is 10.9. The van der Waals surface area contributed by atoms with E-state index in [2.05, 4.69) is 5.32 Å². The van der Waals surface area contributed by atoms with E-state index in [9.17, 15) is 19.2 Å². The number of amides is 3. The maximum atomic E-state index is 13.0. The summed E-state index contributed by atoms with van der Waals surface area (Å²) in [5.41, 5.74) is 1.25. The average Bonchev–Trinajstić information content (AvgIpc) is 2.80. The molecule has 0 aromatic heterocycles. The molecule has 1 atom stereocenters. The van der Waals surface area contributed by atoms with E-state index in [1.165, 1.54) is 11.9 Å². The fourth-order valence-electron chi connectivity index (χ4n) is 3.84. The van der Waals surface area contributed by atoms with Gasteiger partial charge in [0, 0.05) is 37.8 Å². The number of ether oxygens (including phenoxy) is 3. The third-order valence-electron chi connectivity index (χ3n) is 5.79. The molecule has 2 N–H and O–H groups in total. The number of aliphatic hydroxyl groups excluding tert-OH is 1. The van der Waals surface area contributed by atoms with Crippen LogP contribution in [0, 0.1) is 0 Å². The third kappa shape index (κ3) is 6.60. The molecule has 0 bridgehead atoms. The first-order chi connectivity index (χ1) is 16.4. The van der Waals surface area contributed by atoms with Crippen LogP contribution in [0.3, 0.4) is 0 Å². The molecule has 0 saturated carbocycles. The summed E-state index contributed by atoms with van der Waals surface area (Å²) in [5.74, 6) is -1.31. The molecule has 2 aliphatic heterocycles. The first-order valence-corrected chi connectivity index (χ1v) is 11.3. The lowest BCUT2D eigenvalue weighted by atomic mass is 10.0. The molecule has 186 valence electrons. The Bertz CT molecular complexity index is 887. The number of likely N-dealkylation sites (N-methyl/N-ethyl adjacent to an activating group) is 1. The van der Waals surface area contributed by atoms with E-state index in [0.29, 0.717) is 52.4 Å². The minimum atomic E-state index is -0.755. The van der Waals surface area contributed by atoms with Gasteiger partial charge in [0.1, 0.15) is 6.04 Å². The first-order valence-electron chi connectivity index (χ1n) is 11.3. The Hall–Kier alpha value is -2.86. The van der Waals surface area contributed by atoms with Crippen molar-refractivity contribution in [2.45, 2.75) is 25.0 Å². The molecule has 0 spiro atoms. The number of benzene rings is 1. The Morgan fingerprint density at radius 2 is 1.88 bits per heavy atom. The van der Waals surface area contributed by atoms with E-state index in [1.807, 2.05) is 4.90 Å². The van der Waals surface area contributed by atoms with Gasteiger partial charge in [-0.2, -0.15) is 0 Å². The summed E-state index contributed by atoms with van der Waals surface area (Å²) in [6.07, 6.45) is 1.09. The second kappa shape index (κ2) is 12.6. The van der Waals surface area contributed by atoms with E-state index in [-0.39, 0.29) is 42.6 Å². The van der Waals surface area contributed by atoms with Gasteiger partial charge in [-0.15, -0.1) is 0 Å². The summed E-state index contributed by atoms with van der Waals surface area (Å²) in [6, 6.07) is 4.26. The lowest BCUT2D eigenvalue weighted by Gasteiger charge is -2.41. The summed E-state index contributed by atoms with van der Waals surface area (Å²) in [6.45, 7) is 3.38. The summed E-state index contributed by atoms with van der Waals surface area (Å²) in [7, 11) is 1.49. The smallest absolute Gasteiger partial charge is 0.255 e. The van der Waals surface area contributed by atoms with Gasteiger partial charge in [0.25, 0.3) is 5.91 Å². The number of carbonyl (C=O) groups excluding carboxylic acids is 4. The highest BCUT2D eigenvalue weighted by Crippen LogP contribution is 2.26. The van der Waals surface area contributed by atoms with Gasteiger partial charge >= 0.3 is 0 Å². The van der Waals surface area contributed by atoms with Crippen LogP contribution in [-0.4, -0.2) is 106 Å². The monoisotopic (exact) mass is 477 g/mol. The largest absolute Gasteiger partial charge is 0.394 e. The van der Waals surface area contributed by atoms with Gasteiger partial charge in [0.05, 0.1) is 51.3 Å². The van der Waals surface area contributed by atoms with Crippen LogP contribution in [0.2, 0.25) is 0 Å². The molecular formula is C23H31N3O8. The van der Waals surface area contributed by atoms with Crippen LogP contribution < -0.4 is 10.2 Å². The van der Waals surface area contributed by atoms with Gasteiger partial charge in [-0.05, 0) is 24.6 Å². The highest BCUT2D eigenvalue weighted by Gasteiger charge is 2.34. The quantitative estimate of drug-likeness (QED) is 0.221. The van der Waals surface area contributed by atoms with Crippen LogP contribution in [0.4, 0.5) is 5.69 Å². The summed E-state index contributed by atoms with van der Waals surface area (Å²) >= 11 is 0. The van der Waals surface area contributed by atoms with E-state index in [4.69, 9.17) is 19.3 Å². The Balaban J connectivity index is 1.46. The molecule has 1 aromatic carbocycles. The Labute approximate surface area is 197 Å². The average molecular weight is 478 g/mol. The number of nitrogens with zero attached hydrogens (tertiary/aromatic N) is 2. The second-order valence-electron chi connectivity index (χ2n) is 8.12. The van der Waals surface area contributed by atoms with E-state index >= 15 is 0 Å². The maximum absolute atomic E-state index is 13.0. The number of hydrogen-bond donors (Lipinski definition) is 2. The van der Waals surface area contributed by atoms with Crippen molar-refractivity contribution in [1.29, 1.82) is 0 Å². The molecule has 0 radical (unpaired) electrons. The highest BCUT2D eigenvalue weighted by atomic mass is 16.5. The number of piperidine rings is 1. The van der Waals surface area contributed by atoms with Crippen LogP contribution in [-0.2, 0) is 23.8 Å². The molecule has 3 amide bonds. The topological polar surface area (TPSA) is 135 Å². The van der Waals surface area contributed by atoms with Crippen LogP contribution in [0.1, 0.15) is 33.6 Å². The third-order valence-corrected chi connectivity index (χ3v) is 5.79. The molecule has 2 fully saturated rings. The molecule has 2 heterocycles. The SMILES string of the molecule is CN(C(=O)c1ccc(N2CC(OCCOCCOCCO)C2)cc1C=O)C1CCC(=O)NC1=O. The first kappa shape index (κ1) is 25.8. The number of rotatable bonds is 13. The maximum Gasteiger partial charge on any atom is 0.255 e. The van der Waals surface area contributed by atoms with Crippen molar-refractivity contribution in [3.63, 3.8) is 0 Å². The molecule has 2 aliphatic rings. The summed E-state index contributed by atoms with van der Waals surface area (Å²) in [4.78, 5) is 51.4. The predicted octanol–water partition coefficient (Wildman–Crippen LogP) is -0.393. The zero-order valence-electron chi connectivity index (χ0n) is 19.2. The van der Waals surface area contributed by atoms with Crippen molar-refractivity contribution in [3.8, 4) is 0 Å². The van der Waals surface area contributed by atoms with Crippen LogP contribution in [0.25, 0.3) is 0 Å². The minimum absolute atomic E-state index is 0.00588. The van der Waals surface area contributed by atoms with Crippen molar-refractivity contribution in [2.75, 3.05) is 64.7 Å². The van der Waals surface area contributed by atoms with E-state index < -0.39 is 17.9 Å². The van der Waals surface area contributed by atoms with Gasteiger partial charge in [0.15, 0.2) is 6.29 Å². The van der Waals surface area contributed by atoms with Gasteiger partial charge in [0.2, 0.25) is 11.8 Å². The number of nitrogens with one attached hydrogen (secondary N) is 1. The Morgan fingerprint density at radius 3 is 2.56 bits per heavy atom. The normalized spacial score (nSPS) is 18.4. The van der Waals surface area contributed by atoms with Crippen molar-refractivity contribution < 1.29 is 38.5 Å². The molecule has 11 nitrogen and oxygen atoms in total. The lowest BCUT2D eigenvalue weighted by molar-refractivity contribution is -0.136. The Kier molecular flexibility index (Phi) is 9.52. The van der Waals surface area contributed by atoms with Crippen LogP contribution >= 0.6 is 0 Å². The molecular weight excluding hydrogens is 446 g/mol. The number of imide groups is 1. The van der Waals surface area contributed by atoms with Crippen molar-refractivity contribution in [3.05, 3.63) is 29.3 Å². The van der Waals surface area contributed by atoms with Crippen LogP contribution in [0.5, 0.6) is 0 Å². The molecule has 1 unspecified atom stereocenters. The molecule has 0 aliphatic carbocycles. The van der Waals surface area contributed by atoms with Crippen molar-refractivity contribution >= 4 is 29.7 Å². The standard InChI is InChI=1S/C23H31N3O8/c1-25(20-4-5-21(29)24-22(20)30)23(31)19-3-2-17(12-16(19)15-28)26-13-18(14-26)34-11-10-33-9-8-32-7-6-27/h2-3,12,15,18,20,27H,4-11,13-14H2,1H3,(H,24,29,30). The van der Waals surface area contributed by atoms with Crippen molar-refractivity contribution in [2.24, 2.45) is 0 Å². The zero-order valence-corrected chi connectivity index (χ0v) is 19.2. The number of aliphatic hydroxyl groups is 1.